The van der Waals surface area contributed by atoms with Gasteiger partial charge in [0, 0.05) is 20.9 Å². The summed E-state index contributed by atoms with van der Waals surface area (Å²) in [6, 6.07) is 12.8. The molecule has 0 fully saturated rings. The first-order valence-electron chi connectivity index (χ1n) is 7.10. The minimum atomic E-state index is -0.148. The van der Waals surface area contributed by atoms with E-state index in [1.165, 1.54) is 0 Å². The molecule has 0 aliphatic carbocycles. The number of ether oxygens (including phenoxy) is 2. The van der Waals surface area contributed by atoms with Gasteiger partial charge in [-0.3, -0.25) is 4.79 Å². The van der Waals surface area contributed by atoms with Crippen LogP contribution in [0.4, 0.5) is 5.69 Å². The third-order valence-electron chi connectivity index (χ3n) is 2.89. The third-order valence-corrected chi connectivity index (χ3v) is 3.56. The topological polar surface area (TPSA) is 47.6 Å². The average molecular weight is 411 g/mol. The minimum Gasteiger partial charge on any atom is -0.490 e. The molecule has 0 saturated heterocycles. The van der Waals surface area contributed by atoms with E-state index < -0.39 is 0 Å². The summed E-state index contributed by atoms with van der Waals surface area (Å²) < 4.78 is 12.1. The Morgan fingerprint density at radius 1 is 1.05 bits per heavy atom. The van der Waals surface area contributed by atoms with Gasteiger partial charge in [0.1, 0.15) is 0 Å². The van der Waals surface area contributed by atoms with E-state index in [1.807, 2.05) is 32.0 Å². The summed E-state index contributed by atoms with van der Waals surface area (Å²) in [6.45, 7) is 4.93. The highest BCUT2D eigenvalue weighted by molar-refractivity contribution is 14.1. The monoisotopic (exact) mass is 411 g/mol. The number of hydrogen-bond donors (Lipinski definition) is 1. The second kappa shape index (κ2) is 8.03. The molecule has 0 aliphatic rings. The van der Waals surface area contributed by atoms with E-state index in [2.05, 4.69) is 27.9 Å². The summed E-state index contributed by atoms with van der Waals surface area (Å²) in [5.41, 5.74) is 1.30. The average Bonchev–Trinajstić information content (AvgIpc) is 2.50. The van der Waals surface area contributed by atoms with Gasteiger partial charge in [0.25, 0.3) is 5.91 Å². The molecule has 2 aromatic rings. The maximum absolute atomic E-state index is 12.3. The molecule has 0 aliphatic heterocycles. The highest BCUT2D eigenvalue weighted by Gasteiger charge is 2.10. The Labute approximate surface area is 144 Å². The molecule has 2 aromatic carbocycles. The molecule has 0 radical (unpaired) electrons. The molecule has 0 saturated carbocycles. The van der Waals surface area contributed by atoms with Gasteiger partial charge >= 0.3 is 0 Å². The molecule has 0 aromatic heterocycles. The van der Waals surface area contributed by atoms with E-state index in [1.54, 1.807) is 24.3 Å². The molecule has 0 heterocycles. The standard InChI is InChI=1S/C17H18INO3/c1-3-21-15-9-8-14(11-16(15)22-4-2)19-17(20)12-6-5-7-13(18)10-12/h5-11H,3-4H2,1-2H3,(H,19,20). The summed E-state index contributed by atoms with van der Waals surface area (Å²) >= 11 is 2.18. The van der Waals surface area contributed by atoms with E-state index in [-0.39, 0.29) is 5.91 Å². The number of anilines is 1. The van der Waals surface area contributed by atoms with Crippen molar-refractivity contribution < 1.29 is 14.3 Å². The number of rotatable bonds is 6. The van der Waals surface area contributed by atoms with Crippen LogP contribution < -0.4 is 14.8 Å². The fourth-order valence-electron chi connectivity index (χ4n) is 1.96. The molecule has 5 heteroatoms. The summed E-state index contributed by atoms with van der Waals surface area (Å²) in [6.07, 6.45) is 0. The van der Waals surface area contributed by atoms with Gasteiger partial charge in [0.15, 0.2) is 11.5 Å². The molecule has 0 spiro atoms. The minimum absolute atomic E-state index is 0.148. The van der Waals surface area contributed by atoms with Gasteiger partial charge in [0.05, 0.1) is 13.2 Å². The van der Waals surface area contributed by atoms with E-state index in [0.717, 1.165) is 3.57 Å². The van der Waals surface area contributed by atoms with Crippen molar-refractivity contribution in [3.05, 3.63) is 51.6 Å². The predicted octanol–water partition coefficient (Wildman–Crippen LogP) is 4.34. The van der Waals surface area contributed by atoms with E-state index in [4.69, 9.17) is 9.47 Å². The number of amides is 1. The Morgan fingerprint density at radius 3 is 2.45 bits per heavy atom. The van der Waals surface area contributed by atoms with Gasteiger partial charge in [-0.2, -0.15) is 0 Å². The van der Waals surface area contributed by atoms with Crippen molar-refractivity contribution in [2.45, 2.75) is 13.8 Å². The van der Waals surface area contributed by atoms with Crippen LogP contribution in [0.15, 0.2) is 42.5 Å². The Balaban J connectivity index is 2.18. The Hall–Kier alpha value is -1.76. The summed E-state index contributed by atoms with van der Waals surface area (Å²) in [7, 11) is 0. The van der Waals surface area contributed by atoms with Gasteiger partial charge < -0.3 is 14.8 Å². The van der Waals surface area contributed by atoms with Crippen LogP contribution in [-0.2, 0) is 0 Å². The molecular weight excluding hydrogens is 393 g/mol. The second-order valence-corrected chi connectivity index (χ2v) is 5.74. The van der Waals surface area contributed by atoms with Crippen LogP contribution in [0.5, 0.6) is 11.5 Å². The van der Waals surface area contributed by atoms with Crippen LogP contribution in [0.3, 0.4) is 0 Å². The largest absolute Gasteiger partial charge is 0.490 e. The first kappa shape index (κ1) is 16.6. The summed E-state index contributed by atoms with van der Waals surface area (Å²) in [5.74, 6) is 1.16. The molecule has 116 valence electrons. The number of carbonyl (C=O) groups is 1. The van der Waals surface area contributed by atoms with E-state index >= 15 is 0 Å². The van der Waals surface area contributed by atoms with Crippen molar-refractivity contribution in [3.8, 4) is 11.5 Å². The van der Waals surface area contributed by atoms with E-state index in [0.29, 0.717) is 36.0 Å². The fourth-order valence-corrected chi connectivity index (χ4v) is 2.50. The third kappa shape index (κ3) is 4.37. The normalized spacial score (nSPS) is 10.1. The number of halogens is 1. The number of nitrogens with one attached hydrogen (secondary N) is 1. The Bertz CT molecular complexity index is 658. The second-order valence-electron chi connectivity index (χ2n) is 4.49. The maximum Gasteiger partial charge on any atom is 0.255 e. The SMILES string of the molecule is CCOc1ccc(NC(=O)c2cccc(I)c2)cc1OCC. The van der Waals surface area contributed by atoms with Crippen LogP contribution in [0.2, 0.25) is 0 Å². The lowest BCUT2D eigenvalue weighted by Gasteiger charge is -2.13. The first-order chi connectivity index (χ1) is 10.6. The van der Waals surface area contributed by atoms with Crippen molar-refractivity contribution in [3.63, 3.8) is 0 Å². The molecular formula is C17H18INO3. The highest BCUT2D eigenvalue weighted by Crippen LogP contribution is 2.30. The van der Waals surface area contributed by atoms with Crippen LogP contribution in [-0.4, -0.2) is 19.1 Å². The summed E-state index contributed by atoms with van der Waals surface area (Å²) in [5, 5.41) is 2.88. The maximum atomic E-state index is 12.3. The Kier molecular flexibility index (Phi) is 6.06. The summed E-state index contributed by atoms with van der Waals surface area (Å²) in [4.78, 5) is 12.3. The van der Waals surface area contributed by atoms with Gasteiger partial charge in [-0.1, -0.05) is 6.07 Å². The van der Waals surface area contributed by atoms with Gasteiger partial charge in [-0.05, 0) is 66.8 Å². The molecule has 0 unspecified atom stereocenters. The molecule has 22 heavy (non-hydrogen) atoms. The van der Waals surface area contributed by atoms with Crippen molar-refractivity contribution in [2.24, 2.45) is 0 Å². The first-order valence-corrected chi connectivity index (χ1v) is 8.18. The molecule has 1 amide bonds. The zero-order chi connectivity index (χ0) is 15.9. The number of benzene rings is 2. The zero-order valence-corrected chi connectivity index (χ0v) is 14.7. The van der Waals surface area contributed by atoms with Crippen molar-refractivity contribution in [2.75, 3.05) is 18.5 Å². The number of carbonyl (C=O) groups excluding carboxylic acids is 1. The van der Waals surface area contributed by atoms with Crippen LogP contribution in [0, 0.1) is 3.57 Å². The van der Waals surface area contributed by atoms with Gasteiger partial charge in [-0.15, -0.1) is 0 Å². The molecule has 4 nitrogen and oxygen atoms in total. The predicted molar refractivity (Wildman–Crippen MR) is 95.9 cm³/mol. The quantitative estimate of drug-likeness (QED) is 0.720. The lowest BCUT2D eigenvalue weighted by Crippen LogP contribution is -2.12. The van der Waals surface area contributed by atoms with Crippen LogP contribution >= 0.6 is 22.6 Å². The van der Waals surface area contributed by atoms with E-state index in [9.17, 15) is 4.79 Å². The van der Waals surface area contributed by atoms with Crippen molar-refractivity contribution >= 4 is 34.2 Å². The van der Waals surface area contributed by atoms with Crippen LogP contribution in [0.1, 0.15) is 24.2 Å². The lowest BCUT2D eigenvalue weighted by atomic mass is 10.2. The number of hydrogen-bond acceptors (Lipinski definition) is 3. The molecule has 2 rings (SSSR count). The lowest BCUT2D eigenvalue weighted by molar-refractivity contribution is 0.102. The van der Waals surface area contributed by atoms with Crippen LogP contribution in [0.25, 0.3) is 0 Å². The van der Waals surface area contributed by atoms with Gasteiger partial charge in [-0.25, -0.2) is 0 Å². The zero-order valence-electron chi connectivity index (χ0n) is 12.6. The fraction of sp³-hybridized carbons (Fsp3) is 0.235. The highest BCUT2D eigenvalue weighted by atomic mass is 127. The molecule has 1 N–H and O–H groups in total. The van der Waals surface area contributed by atoms with Crippen molar-refractivity contribution in [1.29, 1.82) is 0 Å². The molecule has 0 bridgehead atoms. The Morgan fingerprint density at radius 2 is 1.77 bits per heavy atom. The van der Waals surface area contributed by atoms with Gasteiger partial charge in [0.2, 0.25) is 0 Å². The van der Waals surface area contributed by atoms with Crippen molar-refractivity contribution in [1.82, 2.24) is 0 Å². The molecule has 0 atom stereocenters. The smallest absolute Gasteiger partial charge is 0.255 e.